The molecule has 0 saturated carbocycles. The predicted molar refractivity (Wildman–Crippen MR) is 65.4 cm³/mol. The van der Waals surface area contributed by atoms with Gasteiger partial charge in [0.25, 0.3) is 0 Å². The first-order chi connectivity index (χ1) is 8.56. The zero-order valence-electron chi connectivity index (χ0n) is 10.1. The van der Waals surface area contributed by atoms with Crippen LogP contribution in [0.3, 0.4) is 0 Å². The van der Waals surface area contributed by atoms with Crippen LogP contribution in [-0.2, 0) is 20.9 Å². The molecule has 0 fully saturated rings. The van der Waals surface area contributed by atoms with Crippen LogP contribution in [0.2, 0.25) is 0 Å². The highest BCUT2D eigenvalue weighted by atomic mass is 16.5. The quantitative estimate of drug-likeness (QED) is 0.595. The third kappa shape index (κ3) is 3.69. The highest BCUT2D eigenvalue weighted by Crippen LogP contribution is 2.08. The maximum Gasteiger partial charge on any atom is 0.353 e. The molecule has 18 heavy (non-hydrogen) atoms. The second-order valence-corrected chi connectivity index (χ2v) is 3.77. The Balaban J connectivity index is 2.55. The van der Waals surface area contributed by atoms with E-state index in [0.717, 1.165) is 5.56 Å². The molecule has 1 rings (SSSR count). The first-order valence-corrected chi connectivity index (χ1v) is 5.58. The van der Waals surface area contributed by atoms with Gasteiger partial charge in [0.15, 0.2) is 0 Å². The fourth-order valence-corrected chi connectivity index (χ4v) is 1.45. The lowest BCUT2D eigenvalue weighted by molar-refractivity contribution is -0.142. The fourth-order valence-electron chi connectivity index (χ4n) is 1.45. The SMILES string of the molecule is CC[C@@H](C(=N)C(=O)OCc1ccccc1)C(=O)O. The van der Waals surface area contributed by atoms with E-state index in [4.69, 9.17) is 15.3 Å². The topological polar surface area (TPSA) is 87.5 Å². The molecule has 5 nitrogen and oxygen atoms in total. The van der Waals surface area contributed by atoms with E-state index in [2.05, 4.69) is 0 Å². The van der Waals surface area contributed by atoms with E-state index >= 15 is 0 Å². The summed E-state index contributed by atoms with van der Waals surface area (Å²) in [4.78, 5) is 22.3. The molecule has 0 saturated heterocycles. The highest BCUT2D eigenvalue weighted by Gasteiger charge is 2.27. The number of benzene rings is 1. The summed E-state index contributed by atoms with van der Waals surface area (Å²) in [7, 11) is 0. The summed E-state index contributed by atoms with van der Waals surface area (Å²) in [6.45, 7) is 1.65. The van der Waals surface area contributed by atoms with E-state index in [1.807, 2.05) is 6.07 Å². The molecule has 0 amide bonds. The summed E-state index contributed by atoms with van der Waals surface area (Å²) in [6, 6.07) is 9.02. The van der Waals surface area contributed by atoms with Crippen molar-refractivity contribution in [3.05, 3.63) is 35.9 Å². The molecule has 0 aliphatic heterocycles. The molecular weight excluding hydrogens is 234 g/mol. The van der Waals surface area contributed by atoms with Crippen LogP contribution < -0.4 is 0 Å². The van der Waals surface area contributed by atoms with Gasteiger partial charge in [-0.15, -0.1) is 0 Å². The van der Waals surface area contributed by atoms with E-state index < -0.39 is 23.6 Å². The maximum absolute atomic E-state index is 11.5. The minimum Gasteiger partial charge on any atom is -0.481 e. The van der Waals surface area contributed by atoms with Gasteiger partial charge in [0, 0.05) is 0 Å². The number of carbonyl (C=O) groups is 2. The normalized spacial score (nSPS) is 11.6. The summed E-state index contributed by atoms with van der Waals surface area (Å²) >= 11 is 0. The van der Waals surface area contributed by atoms with Crippen LogP contribution >= 0.6 is 0 Å². The Morgan fingerprint density at radius 3 is 2.44 bits per heavy atom. The van der Waals surface area contributed by atoms with Gasteiger partial charge in [-0.2, -0.15) is 0 Å². The Morgan fingerprint density at radius 1 is 1.33 bits per heavy atom. The minimum absolute atomic E-state index is 0.0398. The third-order valence-electron chi connectivity index (χ3n) is 2.49. The van der Waals surface area contributed by atoms with Crippen molar-refractivity contribution in [1.29, 1.82) is 5.41 Å². The van der Waals surface area contributed by atoms with Crippen LogP contribution in [0.15, 0.2) is 30.3 Å². The summed E-state index contributed by atoms with van der Waals surface area (Å²) in [5, 5.41) is 16.3. The molecule has 0 bridgehead atoms. The van der Waals surface area contributed by atoms with E-state index in [9.17, 15) is 9.59 Å². The number of rotatable bonds is 6. The number of esters is 1. The van der Waals surface area contributed by atoms with Crippen LogP contribution in [0.4, 0.5) is 0 Å². The lowest BCUT2D eigenvalue weighted by atomic mass is 10.0. The highest BCUT2D eigenvalue weighted by molar-refractivity contribution is 6.39. The zero-order valence-corrected chi connectivity index (χ0v) is 10.1. The van der Waals surface area contributed by atoms with Gasteiger partial charge in [0.05, 0.1) is 0 Å². The smallest absolute Gasteiger partial charge is 0.353 e. The minimum atomic E-state index is -1.18. The van der Waals surface area contributed by atoms with Crippen molar-refractivity contribution in [3.8, 4) is 0 Å². The Labute approximate surface area is 105 Å². The van der Waals surface area contributed by atoms with Crippen molar-refractivity contribution in [1.82, 2.24) is 0 Å². The Morgan fingerprint density at radius 2 is 1.94 bits per heavy atom. The molecule has 5 heteroatoms. The van der Waals surface area contributed by atoms with Crippen molar-refractivity contribution in [3.63, 3.8) is 0 Å². The van der Waals surface area contributed by atoms with Crippen LogP contribution in [0.5, 0.6) is 0 Å². The molecule has 1 atom stereocenters. The fraction of sp³-hybridized carbons (Fsp3) is 0.308. The van der Waals surface area contributed by atoms with Gasteiger partial charge < -0.3 is 9.84 Å². The first-order valence-electron chi connectivity index (χ1n) is 5.58. The maximum atomic E-state index is 11.5. The first kappa shape index (κ1) is 13.9. The van der Waals surface area contributed by atoms with Crippen molar-refractivity contribution in [2.75, 3.05) is 0 Å². The summed E-state index contributed by atoms with van der Waals surface area (Å²) in [5.74, 6) is -3.17. The number of hydrogen-bond acceptors (Lipinski definition) is 4. The molecule has 1 aromatic carbocycles. The summed E-state index contributed by atoms with van der Waals surface area (Å²) < 4.78 is 4.90. The second kappa shape index (κ2) is 6.54. The van der Waals surface area contributed by atoms with Crippen LogP contribution in [0.1, 0.15) is 18.9 Å². The van der Waals surface area contributed by atoms with Gasteiger partial charge in [-0.1, -0.05) is 37.3 Å². The van der Waals surface area contributed by atoms with Gasteiger partial charge in [0.1, 0.15) is 18.2 Å². The van der Waals surface area contributed by atoms with Crippen molar-refractivity contribution >= 4 is 17.7 Å². The van der Waals surface area contributed by atoms with Crippen LogP contribution in [-0.4, -0.2) is 22.8 Å². The number of carboxylic acids is 1. The van der Waals surface area contributed by atoms with E-state index in [1.165, 1.54) is 0 Å². The molecule has 0 unspecified atom stereocenters. The van der Waals surface area contributed by atoms with Gasteiger partial charge in [-0.3, -0.25) is 10.2 Å². The molecule has 0 spiro atoms. The monoisotopic (exact) mass is 249 g/mol. The van der Waals surface area contributed by atoms with Crippen molar-refractivity contribution in [2.45, 2.75) is 20.0 Å². The molecule has 0 aromatic heterocycles. The molecule has 0 heterocycles. The third-order valence-corrected chi connectivity index (χ3v) is 2.49. The number of nitrogens with one attached hydrogen (secondary N) is 1. The van der Waals surface area contributed by atoms with E-state index in [1.54, 1.807) is 31.2 Å². The second-order valence-electron chi connectivity index (χ2n) is 3.77. The van der Waals surface area contributed by atoms with Gasteiger partial charge >= 0.3 is 11.9 Å². The molecule has 0 aliphatic rings. The predicted octanol–water partition coefficient (Wildman–Crippen LogP) is 1.86. The average molecular weight is 249 g/mol. The summed E-state index contributed by atoms with van der Waals surface area (Å²) in [6.07, 6.45) is 0.189. The largest absolute Gasteiger partial charge is 0.481 e. The Bertz CT molecular complexity index is 442. The lowest BCUT2D eigenvalue weighted by Crippen LogP contribution is -2.30. The van der Waals surface area contributed by atoms with Crippen molar-refractivity contribution < 1.29 is 19.4 Å². The Hall–Kier alpha value is -2.17. The molecule has 0 aliphatic carbocycles. The number of aliphatic carboxylic acids is 1. The average Bonchev–Trinajstić information content (AvgIpc) is 2.37. The van der Waals surface area contributed by atoms with E-state index in [-0.39, 0.29) is 13.0 Å². The molecule has 0 radical (unpaired) electrons. The van der Waals surface area contributed by atoms with Crippen LogP contribution in [0, 0.1) is 11.3 Å². The zero-order chi connectivity index (χ0) is 13.5. The number of carbonyl (C=O) groups excluding carboxylic acids is 1. The van der Waals surface area contributed by atoms with E-state index in [0.29, 0.717) is 0 Å². The molecule has 1 aromatic rings. The molecule has 2 N–H and O–H groups in total. The summed E-state index contributed by atoms with van der Waals surface area (Å²) in [5.41, 5.74) is 0.281. The molecule has 96 valence electrons. The number of carboxylic acid groups (broad SMARTS) is 1. The Kier molecular flexibility index (Phi) is 5.05. The van der Waals surface area contributed by atoms with Crippen LogP contribution in [0.25, 0.3) is 0 Å². The van der Waals surface area contributed by atoms with Gasteiger partial charge in [-0.05, 0) is 12.0 Å². The standard InChI is InChI=1S/C13H15NO4/c1-2-10(12(15)16)11(14)13(17)18-8-9-6-4-3-5-7-9/h3-7,10,14H,2,8H2,1H3,(H,15,16)/t10-/m0/s1. The van der Waals surface area contributed by atoms with Gasteiger partial charge in [-0.25, -0.2) is 4.79 Å². The van der Waals surface area contributed by atoms with Crippen molar-refractivity contribution in [2.24, 2.45) is 5.92 Å². The number of hydrogen-bond donors (Lipinski definition) is 2. The number of ether oxygens (including phenoxy) is 1. The van der Waals surface area contributed by atoms with Gasteiger partial charge in [0.2, 0.25) is 0 Å². The lowest BCUT2D eigenvalue weighted by Gasteiger charge is -2.11. The molecular formula is C13H15NO4.